The fourth-order valence-corrected chi connectivity index (χ4v) is 1.16. The van der Waals surface area contributed by atoms with Crippen LogP contribution in [-0.4, -0.2) is 50.6 Å². The zero-order chi connectivity index (χ0) is 13.5. The van der Waals surface area contributed by atoms with E-state index in [-0.39, 0.29) is 18.4 Å². The predicted molar refractivity (Wildman–Crippen MR) is 61.9 cm³/mol. The normalized spacial score (nSPS) is 10.5. The van der Waals surface area contributed by atoms with Crippen LogP contribution in [0.3, 0.4) is 0 Å². The van der Waals surface area contributed by atoms with Crippen molar-refractivity contribution in [3.63, 3.8) is 0 Å². The molecule has 17 heavy (non-hydrogen) atoms. The van der Waals surface area contributed by atoms with Crippen molar-refractivity contribution in [2.75, 3.05) is 33.9 Å². The average Bonchev–Trinajstić information content (AvgIpc) is 2.28. The molecule has 0 saturated carbocycles. The van der Waals surface area contributed by atoms with Crippen molar-refractivity contribution in [1.29, 1.82) is 5.26 Å². The number of methoxy groups -OCH3 is 1. The van der Waals surface area contributed by atoms with Gasteiger partial charge in [-0.3, -0.25) is 9.59 Å². The molecule has 0 fully saturated rings. The molecule has 0 aliphatic carbocycles. The van der Waals surface area contributed by atoms with Gasteiger partial charge in [0, 0.05) is 20.7 Å². The molecule has 2 amide bonds. The molecule has 1 N–H and O–H groups in total. The highest BCUT2D eigenvalue weighted by molar-refractivity contribution is 5.88. The summed E-state index contributed by atoms with van der Waals surface area (Å²) in [4.78, 5) is 24.4. The van der Waals surface area contributed by atoms with Gasteiger partial charge in [-0.1, -0.05) is 0 Å². The lowest BCUT2D eigenvalue weighted by Gasteiger charge is -2.23. The van der Waals surface area contributed by atoms with E-state index in [0.29, 0.717) is 13.2 Å². The second-order valence-corrected chi connectivity index (χ2v) is 4.24. The van der Waals surface area contributed by atoms with Crippen LogP contribution in [0.2, 0.25) is 0 Å². The lowest BCUT2D eigenvalue weighted by Crippen LogP contribution is -2.44. The molecular weight excluding hydrogens is 222 g/mol. The average molecular weight is 241 g/mol. The number of amides is 2. The number of ether oxygens (including phenoxy) is 1. The Bertz CT molecular complexity index is 320. The van der Waals surface area contributed by atoms with Gasteiger partial charge < -0.3 is 15.0 Å². The molecular formula is C11H19N3O3. The summed E-state index contributed by atoms with van der Waals surface area (Å²) in [5.41, 5.74) is -1.11. The summed E-state index contributed by atoms with van der Waals surface area (Å²) in [5.74, 6) is -0.645. The number of nitrogens with zero attached hydrogens (tertiary/aromatic N) is 2. The lowest BCUT2D eigenvalue weighted by molar-refractivity contribution is -0.139. The van der Waals surface area contributed by atoms with Gasteiger partial charge in [-0.2, -0.15) is 5.26 Å². The predicted octanol–water partition coefficient (Wildman–Crippen LogP) is -0.243. The summed E-state index contributed by atoms with van der Waals surface area (Å²) in [6.45, 7) is 3.81. The molecule has 0 bridgehead atoms. The molecule has 0 atom stereocenters. The van der Waals surface area contributed by atoms with E-state index in [1.807, 2.05) is 6.07 Å². The van der Waals surface area contributed by atoms with E-state index < -0.39 is 5.41 Å². The van der Waals surface area contributed by atoms with Crippen molar-refractivity contribution in [2.24, 2.45) is 5.41 Å². The standard InChI is InChI=1S/C11H19N3O3/c1-11(2,8-12)10(16)14(3)7-9(15)13-5-6-17-4/h5-7H2,1-4H3,(H,13,15). The Labute approximate surface area is 102 Å². The molecule has 0 aliphatic rings. The first-order chi connectivity index (χ1) is 7.85. The van der Waals surface area contributed by atoms with E-state index >= 15 is 0 Å². The first-order valence-electron chi connectivity index (χ1n) is 5.27. The van der Waals surface area contributed by atoms with E-state index in [4.69, 9.17) is 10.00 Å². The number of carbonyl (C=O) groups excluding carboxylic acids is 2. The third-order valence-electron chi connectivity index (χ3n) is 2.17. The Hall–Kier alpha value is -1.61. The van der Waals surface area contributed by atoms with Crippen LogP contribution in [0.5, 0.6) is 0 Å². The molecule has 0 heterocycles. The molecule has 6 heteroatoms. The topological polar surface area (TPSA) is 82.4 Å². The summed E-state index contributed by atoms with van der Waals surface area (Å²) >= 11 is 0. The Morgan fingerprint density at radius 2 is 2.06 bits per heavy atom. The summed E-state index contributed by atoms with van der Waals surface area (Å²) in [7, 11) is 3.04. The van der Waals surface area contributed by atoms with Crippen molar-refractivity contribution in [2.45, 2.75) is 13.8 Å². The molecule has 0 aromatic rings. The zero-order valence-electron chi connectivity index (χ0n) is 10.7. The first kappa shape index (κ1) is 15.4. The number of rotatable bonds is 6. The molecule has 0 saturated heterocycles. The minimum absolute atomic E-state index is 0.0618. The van der Waals surface area contributed by atoms with E-state index in [1.54, 1.807) is 0 Å². The van der Waals surface area contributed by atoms with Crippen molar-refractivity contribution in [1.82, 2.24) is 10.2 Å². The van der Waals surface area contributed by atoms with Crippen molar-refractivity contribution in [3.05, 3.63) is 0 Å². The van der Waals surface area contributed by atoms with Gasteiger partial charge >= 0.3 is 0 Å². The Morgan fingerprint density at radius 1 is 1.47 bits per heavy atom. The van der Waals surface area contributed by atoms with Crippen LogP contribution in [0.25, 0.3) is 0 Å². The van der Waals surface area contributed by atoms with Crippen LogP contribution in [0.15, 0.2) is 0 Å². The highest BCUT2D eigenvalue weighted by atomic mass is 16.5. The number of carbonyl (C=O) groups is 2. The maximum absolute atomic E-state index is 11.8. The van der Waals surface area contributed by atoms with E-state index in [0.717, 1.165) is 0 Å². The van der Waals surface area contributed by atoms with Crippen molar-refractivity contribution < 1.29 is 14.3 Å². The first-order valence-corrected chi connectivity index (χ1v) is 5.27. The minimum atomic E-state index is -1.11. The van der Waals surface area contributed by atoms with Gasteiger partial charge in [0.25, 0.3) is 0 Å². The fourth-order valence-electron chi connectivity index (χ4n) is 1.16. The zero-order valence-corrected chi connectivity index (χ0v) is 10.7. The highest BCUT2D eigenvalue weighted by Crippen LogP contribution is 2.16. The Balaban J connectivity index is 4.18. The van der Waals surface area contributed by atoms with Crippen LogP contribution < -0.4 is 5.32 Å². The second kappa shape index (κ2) is 6.86. The van der Waals surface area contributed by atoms with Gasteiger partial charge in [0.05, 0.1) is 19.2 Å². The van der Waals surface area contributed by atoms with Crippen LogP contribution in [-0.2, 0) is 14.3 Å². The molecule has 0 unspecified atom stereocenters. The molecule has 0 spiro atoms. The Kier molecular flexibility index (Phi) is 6.21. The third-order valence-corrected chi connectivity index (χ3v) is 2.17. The van der Waals surface area contributed by atoms with E-state index in [9.17, 15) is 9.59 Å². The van der Waals surface area contributed by atoms with Gasteiger partial charge in [-0.05, 0) is 13.8 Å². The number of likely N-dealkylation sites (N-methyl/N-ethyl adjacent to an activating group) is 1. The number of hydrogen-bond acceptors (Lipinski definition) is 4. The second-order valence-electron chi connectivity index (χ2n) is 4.24. The molecule has 0 rings (SSSR count). The van der Waals surface area contributed by atoms with Gasteiger partial charge in [0.15, 0.2) is 0 Å². The fraction of sp³-hybridized carbons (Fsp3) is 0.727. The summed E-state index contributed by atoms with van der Waals surface area (Å²) in [6.07, 6.45) is 0. The summed E-state index contributed by atoms with van der Waals surface area (Å²) in [6, 6.07) is 1.90. The van der Waals surface area contributed by atoms with E-state index in [2.05, 4.69) is 5.32 Å². The molecule has 0 radical (unpaired) electrons. The molecule has 6 nitrogen and oxygen atoms in total. The largest absolute Gasteiger partial charge is 0.383 e. The van der Waals surface area contributed by atoms with Crippen LogP contribution in [0.1, 0.15) is 13.8 Å². The lowest BCUT2D eigenvalue weighted by atomic mass is 9.94. The monoisotopic (exact) mass is 241 g/mol. The molecule has 96 valence electrons. The number of hydrogen-bond donors (Lipinski definition) is 1. The Morgan fingerprint density at radius 3 is 2.53 bits per heavy atom. The quantitative estimate of drug-likeness (QED) is 0.650. The van der Waals surface area contributed by atoms with Gasteiger partial charge in [-0.15, -0.1) is 0 Å². The summed E-state index contributed by atoms with van der Waals surface area (Å²) in [5, 5.41) is 11.4. The van der Waals surface area contributed by atoms with E-state index in [1.165, 1.54) is 32.9 Å². The molecule has 0 aliphatic heterocycles. The smallest absolute Gasteiger partial charge is 0.242 e. The maximum atomic E-state index is 11.8. The van der Waals surface area contributed by atoms with Gasteiger partial charge in [-0.25, -0.2) is 0 Å². The minimum Gasteiger partial charge on any atom is -0.383 e. The van der Waals surface area contributed by atoms with Crippen molar-refractivity contribution in [3.8, 4) is 6.07 Å². The molecule has 0 aromatic carbocycles. The number of nitriles is 1. The van der Waals surface area contributed by atoms with Crippen LogP contribution in [0, 0.1) is 16.7 Å². The SMILES string of the molecule is COCCNC(=O)CN(C)C(=O)C(C)(C)C#N. The van der Waals surface area contributed by atoms with Gasteiger partial charge in [0.2, 0.25) is 11.8 Å². The van der Waals surface area contributed by atoms with Crippen LogP contribution in [0.4, 0.5) is 0 Å². The molecule has 0 aromatic heterocycles. The highest BCUT2D eigenvalue weighted by Gasteiger charge is 2.30. The van der Waals surface area contributed by atoms with Gasteiger partial charge in [0.1, 0.15) is 5.41 Å². The van der Waals surface area contributed by atoms with Crippen LogP contribution >= 0.6 is 0 Å². The number of nitrogens with one attached hydrogen (secondary N) is 1. The third kappa shape index (κ3) is 5.31. The van der Waals surface area contributed by atoms with Crippen molar-refractivity contribution >= 4 is 11.8 Å². The maximum Gasteiger partial charge on any atom is 0.242 e. The summed E-state index contributed by atoms with van der Waals surface area (Å²) < 4.78 is 4.78.